The Hall–Kier alpha value is -1.63. The first kappa shape index (κ1) is 18.2. The number of methoxy groups -OCH3 is 1. The van der Waals surface area contributed by atoms with E-state index < -0.39 is 0 Å². The molecule has 138 valence electrons. The van der Waals surface area contributed by atoms with Crippen LogP contribution in [0.15, 0.2) is 24.3 Å². The van der Waals surface area contributed by atoms with Crippen molar-refractivity contribution in [2.45, 2.75) is 37.9 Å². The molecule has 0 bridgehead atoms. The normalized spacial score (nSPS) is 24.8. The second kappa shape index (κ2) is 7.72. The van der Waals surface area contributed by atoms with Crippen LogP contribution in [0.2, 0.25) is 0 Å². The third-order valence-corrected chi connectivity index (χ3v) is 5.76. The number of nitrogens with zero attached hydrogens (tertiary/aromatic N) is 1. The van der Waals surface area contributed by atoms with Crippen molar-refractivity contribution in [1.82, 2.24) is 4.90 Å². The molecule has 0 unspecified atom stereocenters. The van der Waals surface area contributed by atoms with E-state index in [-0.39, 0.29) is 23.5 Å². The molecule has 6 nitrogen and oxygen atoms in total. The first-order valence-electron chi connectivity index (χ1n) is 9.00. The Kier molecular flexibility index (Phi) is 5.61. The summed E-state index contributed by atoms with van der Waals surface area (Å²) in [5, 5.41) is 10.3. The van der Waals surface area contributed by atoms with Crippen LogP contribution in [-0.2, 0) is 16.0 Å². The Balaban J connectivity index is 1.57. The maximum absolute atomic E-state index is 12.6. The highest BCUT2D eigenvalue weighted by Crippen LogP contribution is 2.50. The van der Waals surface area contributed by atoms with Gasteiger partial charge in [0.05, 0.1) is 32.3 Å². The van der Waals surface area contributed by atoms with Gasteiger partial charge in [0.1, 0.15) is 5.75 Å². The zero-order chi connectivity index (χ0) is 17.9. The van der Waals surface area contributed by atoms with E-state index in [9.17, 15) is 9.90 Å². The van der Waals surface area contributed by atoms with Crippen molar-refractivity contribution in [3.63, 3.8) is 0 Å². The van der Waals surface area contributed by atoms with Gasteiger partial charge in [-0.2, -0.15) is 0 Å². The van der Waals surface area contributed by atoms with Crippen molar-refractivity contribution in [3.05, 3.63) is 29.8 Å². The zero-order valence-corrected chi connectivity index (χ0v) is 14.8. The third kappa shape index (κ3) is 3.52. The number of hydrogen-bond donors (Lipinski definition) is 2. The van der Waals surface area contributed by atoms with Crippen molar-refractivity contribution in [1.29, 1.82) is 0 Å². The zero-order valence-electron chi connectivity index (χ0n) is 14.8. The fraction of sp³-hybridized carbons (Fsp3) is 0.632. The lowest BCUT2D eigenvalue weighted by Gasteiger charge is -2.56. The number of carbonyl (C=O) groups excluding carboxylic acids is 1. The number of likely N-dealkylation sites (tertiary alicyclic amines) is 1. The molecule has 1 spiro atoms. The second-order valence-electron chi connectivity index (χ2n) is 7.00. The molecule has 1 heterocycles. The number of rotatable bonds is 6. The van der Waals surface area contributed by atoms with Gasteiger partial charge in [-0.1, -0.05) is 18.2 Å². The number of ether oxygens (including phenoxy) is 2. The molecule has 2 fully saturated rings. The Labute approximate surface area is 148 Å². The van der Waals surface area contributed by atoms with Crippen LogP contribution in [0.1, 0.15) is 24.8 Å². The van der Waals surface area contributed by atoms with Crippen molar-refractivity contribution in [2.75, 3.05) is 33.4 Å². The predicted octanol–water partition coefficient (Wildman–Crippen LogP) is 0.955. The van der Waals surface area contributed by atoms with E-state index in [2.05, 4.69) is 0 Å². The van der Waals surface area contributed by atoms with E-state index in [1.54, 1.807) is 7.11 Å². The molecule has 1 aliphatic carbocycles. The summed E-state index contributed by atoms with van der Waals surface area (Å²) < 4.78 is 11.1. The van der Waals surface area contributed by atoms with Gasteiger partial charge < -0.3 is 25.2 Å². The number of carbonyl (C=O) groups is 1. The number of aliphatic hydroxyl groups is 1. The summed E-state index contributed by atoms with van der Waals surface area (Å²) in [5.41, 5.74) is 6.22. The molecule has 1 saturated heterocycles. The van der Waals surface area contributed by atoms with Crippen molar-refractivity contribution >= 4 is 5.91 Å². The minimum atomic E-state index is -0.332. The van der Waals surface area contributed by atoms with E-state index >= 15 is 0 Å². The lowest BCUT2D eigenvalue weighted by molar-refractivity contribution is -0.210. The summed E-state index contributed by atoms with van der Waals surface area (Å²) >= 11 is 0. The van der Waals surface area contributed by atoms with Gasteiger partial charge in [-0.25, -0.2) is 0 Å². The first-order chi connectivity index (χ1) is 12.1. The standard InChI is InChI=1S/C19H28N2O4/c1-24-15-5-3-2-4-14(15)12-18(23)21-9-6-19(7-10-21)16(22)13-17(19)25-11-8-20/h2-5,16-17,22H,6-13,20H2,1H3/t16-,17+/m1/s1. The lowest BCUT2D eigenvalue weighted by atomic mass is 9.58. The second-order valence-corrected chi connectivity index (χ2v) is 7.00. The number of aliphatic hydroxyl groups excluding tert-OH is 1. The van der Waals surface area contributed by atoms with Crippen LogP contribution in [0.5, 0.6) is 5.75 Å². The van der Waals surface area contributed by atoms with Crippen molar-refractivity contribution in [3.8, 4) is 5.75 Å². The molecule has 1 saturated carbocycles. The molecule has 6 heteroatoms. The SMILES string of the molecule is COc1ccccc1CC(=O)N1CCC2(CC1)[C@H](O)C[C@@H]2OCCN. The molecule has 3 rings (SSSR count). The molecule has 0 radical (unpaired) electrons. The molecular weight excluding hydrogens is 320 g/mol. The molecular formula is C19H28N2O4. The third-order valence-electron chi connectivity index (χ3n) is 5.76. The summed E-state index contributed by atoms with van der Waals surface area (Å²) in [6, 6.07) is 7.61. The highest BCUT2D eigenvalue weighted by Gasteiger charge is 2.56. The lowest BCUT2D eigenvalue weighted by Crippen LogP contribution is -2.63. The number of benzene rings is 1. The van der Waals surface area contributed by atoms with Crippen LogP contribution >= 0.6 is 0 Å². The molecule has 2 atom stereocenters. The van der Waals surface area contributed by atoms with Crippen molar-refractivity contribution < 1.29 is 19.4 Å². The largest absolute Gasteiger partial charge is 0.496 e. The summed E-state index contributed by atoms with van der Waals surface area (Å²) in [7, 11) is 1.62. The van der Waals surface area contributed by atoms with Crippen LogP contribution < -0.4 is 10.5 Å². The summed E-state index contributed by atoms with van der Waals surface area (Å²) in [4.78, 5) is 14.5. The average Bonchev–Trinajstić information content (AvgIpc) is 2.65. The van der Waals surface area contributed by atoms with Crippen LogP contribution in [0.3, 0.4) is 0 Å². The van der Waals surface area contributed by atoms with Gasteiger partial charge in [0.15, 0.2) is 0 Å². The predicted molar refractivity (Wildman–Crippen MR) is 94.4 cm³/mol. The number of nitrogens with two attached hydrogens (primary N) is 1. The van der Waals surface area contributed by atoms with E-state index in [0.29, 0.717) is 39.1 Å². The smallest absolute Gasteiger partial charge is 0.227 e. The molecule has 3 N–H and O–H groups in total. The van der Waals surface area contributed by atoms with Gasteiger partial charge in [0, 0.05) is 37.0 Å². The maximum Gasteiger partial charge on any atom is 0.227 e. The van der Waals surface area contributed by atoms with Crippen molar-refractivity contribution in [2.24, 2.45) is 11.1 Å². The van der Waals surface area contributed by atoms with Gasteiger partial charge in [-0.05, 0) is 18.9 Å². The van der Waals surface area contributed by atoms with Gasteiger partial charge in [-0.3, -0.25) is 4.79 Å². The Morgan fingerprint density at radius 3 is 2.72 bits per heavy atom. The van der Waals surface area contributed by atoms with Crippen LogP contribution in [0.25, 0.3) is 0 Å². The Bertz CT molecular complexity index is 599. The number of hydrogen-bond acceptors (Lipinski definition) is 5. The fourth-order valence-corrected chi connectivity index (χ4v) is 4.12. The van der Waals surface area contributed by atoms with Crippen LogP contribution in [-0.4, -0.2) is 61.5 Å². The first-order valence-corrected chi connectivity index (χ1v) is 9.00. The topological polar surface area (TPSA) is 85.0 Å². The summed E-state index contributed by atoms with van der Waals surface area (Å²) in [6.45, 7) is 2.34. The number of para-hydroxylation sites is 1. The number of amides is 1. The molecule has 1 aromatic carbocycles. The van der Waals surface area contributed by atoms with Crippen LogP contribution in [0, 0.1) is 5.41 Å². The van der Waals surface area contributed by atoms with Gasteiger partial charge in [-0.15, -0.1) is 0 Å². The van der Waals surface area contributed by atoms with E-state index in [1.165, 1.54) is 0 Å². The highest BCUT2D eigenvalue weighted by atomic mass is 16.5. The highest BCUT2D eigenvalue weighted by molar-refractivity contribution is 5.79. The molecule has 1 aromatic rings. The average molecular weight is 348 g/mol. The van der Waals surface area contributed by atoms with Gasteiger partial charge >= 0.3 is 0 Å². The van der Waals surface area contributed by atoms with Gasteiger partial charge in [0.2, 0.25) is 5.91 Å². The molecule has 1 aliphatic heterocycles. The van der Waals surface area contributed by atoms with E-state index in [0.717, 1.165) is 24.2 Å². The molecule has 25 heavy (non-hydrogen) atoms. The van der Waals surface area contributed by atoms with Gasteiger partial charge in [0.25, 0.3) is 0 Å². The Morgan fingerprint density at radius 1 is 1.36 bits per heavy atom. The molecule has 2 aliphatic rings. The molecule has 0 aromatic heterocycles. The minimum absolute atomic E-state index is 0.0671. The number of piperidine rings is 1. The fourth-order valence-electron chi connectivity index (χ4n) is 4.12. The Morgan fingerprint density at radius 2 is 2.08 bits per heavy atom. The molecule has 1 amide bonds. The quantitative estimate of drug-likeness (QED) is 0.800. The maximum atomic E-state index is 12.6. The summed E-state index contributed by atoms with van der Waals surface area (Å²) in [6.07, 6.45) is 2.31. The minimum Gasteiger partial charge on any atom is -0.496 e. The monoisotopic (exact) mass is 348 g/mol. The van der Waals surface area contributed by atoms with E-state index in [1.807, 2.05) is 29.2 Å². The van der Waals surface area contributed by atoms with E-state index in [4.69, 9.17) is 15.2 Å². The van der Waals surface area contributed by atoms with Crippen LogP contribution in [0.4, 0.5) is 0 Å². The summed E-state index contributed by atoms with van der Waals surface area (Å²) in [5.74, 6) is 0.849.